The number of hydrogen-bond donors (Lipinski definition) is 1. The van der Waals surface area contributed by atoms with Crippen LogP contribution < -0.4 is 10.1 Å². The highest BCUT2D eigenvalue weighted by Crippen LogP contribution is 2.37. The van der Waals surface area contributed by atoms with Gasteiger partial charge in [-0.3, -0.25) is 25.0 Å². The highest BCUT2D eigenvalue weighted by Gasteiger charge is 2.27. The Morgan fingerprint density at radius 1 is 1.25 bits per heavy atom. The van der Waals surface area contributed by atoms with Gasteiger partial charge < -0.3 is 10.1 Å². The number of nitrogens with one attached hydrogen (secondary N) is 1. The lowest BCUT2D eigenvalue weighted by Crippen LogP contribution is -2.12. The Balaban J connectivity index is 3.30. The largest absolute Gasteiger partial charge is 0.494 e. The van der Waals surface area contributed by atoms with Crippen molar-refractivity contribution < 1.29 is 19.4 Å². The zero-order chi connectivity index (χ0) is 15.3. The molecule has 1 aromatic rings. The molecule has 9 nitrogen and oxygen atoms in total. The maximum absolute atomic E-state index is 11.5. The van der Waals surface area contributed by atoms with Crippen LogP contribution in [-0.4, -0.2) is 22.9 Å². The van der Waals surface area contributed by atoms with Crippen LogP contribution in [0.1, 0.15) is 19.8 Å². The second-order valence-corrected chi connectivity index (χ2v) is 3.85. The molecule has 20 heavy (non-hydrogen) atoms. The van der Waals surface area contributed by atoms with Gasteiger partial charge in [-0.2, -0.15) is 0 Å². The van der Waals surface area contributed by atoms with E-state index in [1.54, 1.807) is 6.92 Å². The molecular formula is C11H13N3O6. The van der Waals surface area contributed by atoms with E-state index in [1.807, 2.05) is 0 Å². The number of rotatable bonds is 6. The van der Waals surface area contributed by atoms with Gasteiger partial charge in [0, 0.05) is 6.42 Å². The molecule has 9 heteroatoms. The predicted molar refractivity (Wildman–Crippen MR) is 69.8 cm³/mol. The van der Waals surface area contributed by atoms with Crippen molar-refractivity contribution in [3.63, 3.8) is 0 Å². The van der Waals surface area contributed by atoms with Crippen molar-refractivity contribution in [3.05, 3.63) is 32.4 Å². The Bertz CT molecular complexity index is 557. The van der Waals surface area contributed by atoms with E-state index in [9.17, 15) is 25.0 Å². The fourth-order valence-electron chi connectivity index (χ4n) is 1.56. The summed E-state index contributed by atoms with van der Waals surface area (Å²) in [4.78, 5) is 31.4. The molecule has 0 spiro atoms. The number of hydrogen-bond acceptors (Lipinski definition) is 6. The van der Waals surface area contributed by atoms with Gasteiger partial charge in [0.25, 0.3) is 0 Å². The first-order chi connectivity index (χ1) is 9.40. The molecule has 0 heterocycles. The van der Waals surface area contributed by atoms with Gasteiger partial charge in [0.1, 0.15) is 5.75 Å². The minimum Gasteiger partial charge on any atom is -0.494 e. The normalized spacial score (nSPS) is 9.90. The van der Waals surface area contributed by atoms with E-state index in [2.05, 4.69) is 5.32 Å². The average Bonchev–Trinajstić information content (AvgIpc) is 2.38. The fourth-order valence-corrected chi connectivity index (χ4v) is 1.56. The minimum atomic E-state index is -0.882. The standard InChI is InChI=1S/C11H13N3O6/c1-3-4-11(15)12-7-5-8(13(16)17)9(14(18)19)6-10(7)20-2/h5-6H,3-4H2,1-2H3,(H,12,15). The maximum Gasteiger partial charge on any atom is 0.349 e. The molecule has 0 radical (unpaired) electrons. The lowest BCUT2D eigenvalue weighted by molar-refractivity contribution is -0.422. The zero-order valence-corrected chi connectivity index (χ0v) is 10.9. The molecule has 0 fully saturated rings. The highest BCUT2D eigenvalue weighted by atomic mass is 16.6. The summed E-state index contributed by atoms with van der Waals surface area (Å²) >= 11 is 0. The molecular weight excluding hydrogens is 270 g/mol. The summed E-state index contributed by atoms with van der Waals surface area (Å²) < 4.78 is 4.91. The van der Waals surface area contributed by atoms with Gasteiger partial charge in [-0.25, -0.2) is 0 Å². The topological polar surface area (TPSA) is 125 Å². The first kappa shape index (κ1) is 15.3. The molecule has 1 rings (SSSR count). The van der Waals surface area contributed by atoms with Crippen molar-refractivity contribution >= 4 is 23.0 Å². The first-order valence-corrected chi connectivity index (χ1v) is 5.71. The molecule has 0 unspecified atom stereocenters. The van der Waals surface area contributed by atoms with Gasteiger partial charge in [0.05, 0.1) is 34.8 Å². The van der Waals surface area contributed by atoms with Crippen molar-refractivity contribution in [2.75, 3.05) is 12.4 Å². The number of nitro benzene ring substituents is 2. The third-order valence-corrected chi connectivity index (χ3v) is 2.44. The number of nitrogens with zero attached hydrogens (tertiary/aromatic N) is 2. The molecule has 0 saturated heterocycles. The van der Waals surface area contributed by atoms with Crippen LogP contribution >= 0.6 is 0 Å². The van der Waals surface area contributed by atoms with Crippen LogP contribution in [0.15, 0.2) is 12.1 Å². The number of nitro groups is 2. The molecule has 0 aliphatic carbocycles. The van der Waals surface area contributed by atoms with E-state index >= 15 is 0 Å². The second kappa shape index (κ2) is 6.45. The van der Waals surface area contributed by atoms with Crippen molar-refractivity contribution in [2.24, 2.45) is 0 Å². The third-order valence-electron chi connectivity index (χ3n) is 2.44. The molecule has 1 amide bonds. The van der Waals surface area contributed by atoms with E-state index in [-0.39, 0.29) is 23.8 Å². The van der Waals surface area contributed by atoms with Gasteiger partial charge in [0.2, 0.25) is 5.91 Å². The van der Waals surface area contributed by atoms with Crippen LogP contribution in [0.3, 0.4) is 0 Å². The second-order valence-electron chi connectivity index (χ2n) is 3.85. The summed E-state index contributed by atoms with van der Waals surface area (Å²) in [6, 6.07) is 1.84. The van der Waals surface area contributed by atoms with E-state index in [1.165, 1.54) is 7.11 Å². The smallest absolute Gasteiger partial charge is 0.349 e. The fraction of sp³-hybridized carbons (Fsp3) is 0.364. The van der Waals surface area contributed by atoms with Gasteiger partial charge in [0.15, 0.2) is 0 Å². The van der Waals surface area contributed by atoms with E-state index in [0.717, 1.165) is 12.1 Å². The molecule has 0 aliphatic rings. The van der Waals surface area contributed by atoms with E-state index < -0.39 is 21.2 Å². The van der Waals surface area contributed by atoms with Crippen LogP contribution in [0.5, 0.6) is 5.75 Å². The molecule has 108 valence electrons. The summed E-state index contributed by atoms with van der Waals surface area (Å²) in [5.41, 5.74) is -1.37. The number of ether oxygens (including phenoxy) is 1. The number of anilines is 1. The quantitative estimate of drug-likeness (QED) is 0.630. The number of benzene rings is 1. The Morgan fingerprint density at radius 3 is 2.25 bits per heavy atom. The van der Waals surface area contributed by atoms with E-state index in [0.29, 0.717) is 6.42 Å². The minimum absolute atomic E-state index is 0.00764. The predicted octanol–water partition coefficient (Wildman–Crippen LogP) is 2.25. The molecule has 0 saturated carbocycles. The molecule has 1 aromatic carbocycles. The van der Waals surface area contributed by atoms with E-state index in [4.69, 9.17) is 4.74 Å². The maximum atomic E-state index is 11.5. The van der Waals surface area contributed by atoms with Crippen molar-refractivity contribution in [2.45, 2.75) is 19.8 Å². The monoisotopic (exact) mass is 283 g/mol. The molecule has 1 N–H and O–H groups in total. The summed E-state index contributed by atoms with van der Waals surface area (Å²) in [6.07, 6.45) is 0.831. The van der Waals surface area contributed by atoms with Crippen LogP contribution in [0.2, 0.25) is 0 Å². The summed E-state index contributed by atoms with van der Waals surface area (Å²) in [5.74, 6) is -0.360. The summed E-state index contributed by atoms with van der Waals surface area (Å²) in [6.45, 7) is 1.80. The Morgan fingerprint density at radius 2 is 1.80 bits per heavy atom. The van der Waals surface area contributed by atoms with Crippen LogP contribution in [0, 0.1) is 20.2 Å². The zero-order valence-electron chi connectivity index (χ0n) is 10.9. The summed E-state index contributed by atoms with van der Waals surface area (Å²) in [5, 5.41) is 24.1. The van der Waals surface area contributed by atoms with Crippen molar-refractivity contribution in [1.82, 2.24) is 0 Å². The van der Waals surface area contributed by atoms with Crippen LogP contribution in [-0.2, 0) is 4.79 Å². The lowest BCUT2D eigenvalue weighted by Gasteiger charge is -2.09. The summed E-state index contributed by atoms with van der Waals surface area (Å²) in [7, 11) is 1.25. The Hall–Kier alpha value is -2.71. The SMILES string of the molecule is CCCC(=O)Nc1cc([N+](=O)[O-])c([N+](=O)[O-])cc1OC. The highest BCUT2D eigenvalue weighted by molar-refractivity contribution is 5.93. The van der Waals surface area contributed by atoms with Crippen molar-refractivity contribution in [1.29, 1.82) is 0 Å². The molecule has 0 aromatic heterocycles. The Labute approximate surface area is 113 Å². The average molecular weight is 283 g/mol. The number of methoxy groups -OCH3 is 1. The van der Waals surface area contributed by atoms with Gasteiger partial charge in [-0.15, -0.1) is 0 Å². The van der Waals surface area contributed by atoms with Crippen LogP contribution in [0.4, 0.5) is 17.1 Å². The number of carbonyl (C=O) groups is 1. The third kappa shape index (κ3) is 3.40. The number of carbonyl (C=O) groups excluding carboxylic acids is 1. The Kier molecular flexibility index (Phi) is 4.95. The van der Waals surface area contributed by atoms with Gasteiger partial charge in [-0.1, -0.05) is 6.92 Å². The molecule has 0 atom stereocenters. The van der Waals surface area contributed by atoms with Gasteiger partial charge in [-0.05, 0) is 6.42 Å². The van der Waals surface area contributed by atoms with Crippen LogP contribution in [0.25, 0.3) is 0 Å². The van der Waals surface area contributed by atoms with Crippen molar-refractivity contribution in [3.8, 4) is 5.75 Å². The molecule has 0 bridgehead atoms. The number of amides is 1. The van der Waals surface area contributed by atoms with Gasteiger partial charge >= 0.3 is 11.4 Å². The lowest BCUT2D eigenvalue weighted by atomic mass is 10.2. The molecule has 0 aliphatic heterocycles. The first-order valence-electron chi connectivity index (χ1n) is 5.71.